The summed E-state index contributed by atoms with van der Waals surface area (Å²) in [5.74, 6) is -2.03. The van der Waals surface area contributed by atoms with Crippen molar-refractivity contribution < 1.29 is 23.5 Å². The van der Waals surface area contributed by atoms with E-state index in [1.54, 1.807) is 0 Å². The Kier molecular flexibility index (Phi) is 6.06. The molecule has 1 heterocycles. The summed E-state index contributed by atoms with van der Waals surface area (Å²) in [6.45, 7) is 0. The molecule has 7 heteroatoms. The van der Waals surface area contributed by atoms with E-state index < -0.39 is 30.8 Å². The molecule has 0 spiro atoms. The minimum Gasteiger partial charge on any atom is -0.480 e. The Hall–Kier alpha value is -2.70. The van der Waals surface area contributed by atoms with Crippen molar-refractivity contribution in [3.8, 4) is 11.3 Å². The van der Waals surface area contributed by atoms with Crippen LogP contribution in [-0.4, -0.2) is 34.4 Å². The topological polar surface area (TPSA) is 82.2 Å². The number of halogens is 2. The van der Waals surface area contributed by atoms with Crippen molar-refractivity contribution in [1.29, 1.82) is 0 Å². The number of rotatable bonds is 8. The number of benzene rings is 1. The molecule has 24 heavy (non-hydrogen) atoms. The summed E-state index contributed by atoms with van der Waals surface area (Å²) in [7, 11) is 0. The molecule has 0 aliphatic heterocycles. The summed E-state index contributed by atoms with van der Waals surface area (Å²) in [4.78, 5) is 25.8. The first-order chi connectivity index (χ1) is 11.5. The zero-order valence-corrected chi connectivity index (χ0v) is 12.8. The molecule has 0 saturated carbocycles. The van der Waals surface area contributed by atoms with Crippen LogP contribution in [0.25, 0.3) is 11.3 Å². The number of hydrogen-bond acceptors (Lipinski definition) is 2. The number of carbonyl (C=O) groups is 2. The Balaban J connectivity index is 1.88. The standard InChI is InChI=1S/C17H18F2N2O3/c18-15(19)10-14(17(23)24)21-16(22)9-7-12-6-8-13(20-12)11-4-2-1-3-5-11/h1-6,8,14-15,20H,7,9-10H2,(H,21,22)(H,23,24). The van der Waals surface area contributed by atoms with Crippen LogP contribution in [0.2, 0.25) is 0 Å². The van der Waals surface area contributed by atoms with Crippen molar-refractivity contribution in [3.05, 3.63) is 48.2 Å². The number of aryl methyl sites for hydroxylation is 1. The maximum atomic E-state index is 12.3. The Labute approximate surface area is 137 Å². The molecule has 2 aromatic rings. The molecule has 1 amide bonds. The van der Waals surface area contributed by atoms with Crippen molar-refractivity contribution in [2.75, 3.05) is 0 Å². The maximum absolute atomic E-state index is 12.3. The van der Waals surface area contributed by atoms with Gasteiger partial charge in [0.1, 0.15) is 6.04 Å². The van der Waals surface area contributed by atoms with E-state index in [0.29, 0.717) is 6.42 Å². The van der Waals surface area contributed by atoms with Crippen molar-refractivity contribution in [1.82, 2.24) is 10.3 Å². The number of H-pyrrole nitrogens is 1. The third-order valence-corrected chi connectivity index (χ3v) is 3.50. The molecule has 0 radical (unpaired) electrons. The highest BCUT2D eigenvalue weighted by Gasteiger charge is 2.23. The number of aliphatic carboxylic acids is 1. The third-order valence-electron chi connectivity index (χ3n) is 3.50. The highest BCUT2D eigenvalue weighted by atomic mass is 19.3. The number of carbonyl (C=O) groups excluding carboxylic acids is 1. The van der Waals surface area contributed by atoms with Gasteiger partial charge in [-0.3, -0.25) is 4.79 Å². The highest BCUT2D eigenvalue weighted by molar-refractivity contribution is 5.83. The minimum absolute atomic E-state index is 0.0156. The lowest BCUT2D eigenvalue weighted by Gasteiger charge is -2.13. The summed E-state index contributed by atoms with van der Waals surface area (Å²) in [6, 6.07) is 11.8. The van der Waals surface area contributed by atoms with E-state index >= 15 is 0 Å². The zero-order valence-electron chi connectivity index (χ0n) is 12.8. The van der Waals surface area contributed by atoms with E-state index in [1.807, 2.05) is 42.5 Å². The quantitative estimate of drug-likeness (QED) is 0.693. The summed E-state index contributed by atoms with van der Waals surface area (Å²) < 4.78 is 24.6. The van der Waals surface area contributed by atoms with Crippen LogP contribution in [0, 0.1) is 0 Å². The van der Waals surface area contributed by atoms with Gasteiger partial charge in [0.05, 0.1) is 0 Å². The molecule has 0 saturated heterocycles. The fourth-order valence-electron chi connectivity index (χ4n) is 2.29. The molecule has 128 valence electrons. The van der Waals surface area contributed by atoms with Crippen LogP contribution in [0.1, 0.15) is 18.5 Å². The van der Waals surface area contributed by atoms with Crippen molar-refractivity contribution in [2.24, 2.45) is 0 Å². The fourth-order valence-corrected chi connectivity index (χ4v) is 2.29. The summed E-state index contributed by atoms with van der Waals surface area (Å²) >= 11 is 0. The monoisotopic (exact) mass is 336 g/mol. The summed E-state index contributed by atoms with van der Waals surface area (Å²) in [6.07, 6.45) is -3.31. The van der Waals surface area contributed by atoms with Crippen LogP contribution >= 0.6 is 0 Å². The van der Waals surface area contributed by atoms with Crippen LogP contribution in [0.5, 0.6) is 0 Å². The number of aromatic nitrogens is 1. The van der Waals surface area contributed by atoms with Gasteiger partial charge < -0.3 is 15.4 Å². The van der Waals surface area contributed by atoms with Gasteiger partial charge >= 0.3 is 5.97 Å². The van der Waals surface area contributed by atoms with Gasteiger partial charge in [-0.15, -0.1) is 0 Å². The minimum atomic E-state index is -2.79. The lowest BCUT2D eigenvalue weighted by atomic mass is 10.2. The Morgan fingerprint density at radius 1 is 1.12 bits per heavy atom. The van der Waals surface area contributed by atoms with Crippen molar-refractivity contribution >= 4 is 11.9 Å². The van der Waals surface area contributed by atoms with Crippen LogP contribution in [0.15, 0.2) is 42.5 Å². The van der Waals surface area contributed by atoms with Crippen molar-refractivity contribution in [3.63, 3.8) is 0 Å². The molecular weight excluding hydrogens is 318 g/mol. The first kappa shape index (κ1) is 17.7. The van der Waals surface area contributed by atoms with Crippen LogP contribution in [-0.2, 0) is 16.0 Å². The molecular formula is C17H18F2N2O3. The Bertz CT molecular complexity index is 686. The smallest absolute Gasteiger partial charge is 0.326 e. The largest absolute Gasteiger partial charge is 0.480 e. The number of hydrogen-bond donors (Lipinski definition) is 3. The number of carboxylic acid groups (broad SMARTS) is 1. The fraction of sp³-hybridized carbons (Fsp3) is 0.294. The van der Waals surface area contributed by atoms with E-state index in [4.69, 9.17) is 5.11 Å². The molecule has 0 aliphatic carbocycles. The zero-order chi connectivity index (χ0) is 17.5. The van der Waals surface area contributed by atoms with Crippen LogP contribution in [0.4, 0.5) is 8.78 Å². The van der Waals surface area contributed by atoms with E-state index in [9.17, 15) is 18.4 Å². The molecule has 1 atom stereocenters. The van der Waals surface area contributed by atoms with Crippen LogP contribution < -0.4 is 5.32 Å². The summed E-state index contributed by atoms with van der Waals surface area (Å²) in [5.41, 5.74) is 2.73. The third kappa shape index (κ3) is 5.19. The molecule has 1 unspecified atom stereocenters. The molecule has 2 rings (SSSR count). The van der Waals surface area contributed by atoms with Gasteiger partial charge in [-0.2, -0.15) is 0 Å². The number of aromatic amines is 1. The highest BCUT2D eigenvalue weighted by Crippen LogP contribution is 2.18. The molecule has 1 aromatic heterocycles. The van der Waals surface area contributed by atoms with E-state index in [1.165, 1.54) is 0 Å². The number of amides is 1. The van der Waals surface area contributed by atoms with Gasteiger partial charge in [0.2, 0.25) is 12.3 Å². The first-order valence-electron chi connectivity index (χ1n) is 7.49. The predicted octanol–water partition coefficient (Wildman–Crippen LogP) is 2.84. The Morgan fingerprint density at radius 2 is 1.83 bits per heavy atom. The molecule has 3 N–H and O–H groups in total. The van der Waals surface area contributed by atoms with Gasteiger partial charge in [0.15, 0.2) is 0 Å². The maximum Gasteiger partial charge on any atom is 0.326 e. The number of carboxylic acids is 1. The second-order valence-electron chi connectivity index (χ2n) is 5.35. The Morgan fingerprint density at radius 3 is 2.46 bits per heavy atom. The predicted molar refractivity (Wildman–Crippen MR) is 84.7 cm³/mol. The second-order valence-corrected chi connectivity index (χ2v) is 5.35. The summed E-state index contributed by atoms with van der Waals surface area (Å²) in [5, 5.41) is 11.0. The molecule has 5 nitrogen and oxygen atoms in total. The average Bonchev–Trinajstić information content (AvgIpc) is 3.01. The average molecular weight is 336 g/mol. The number of nitrogens with one attached hydrogen (secondary N) is 2. The van der Waals surface area contributed by atoms with E-state index in [-0.39, 0.29) is 6.42 Å². The lowest BCUT2D eigenvalue weighted by molar-refractivity contribution is -0.143. The van der Waals surface area contributed by atoms with Gasteiger partial charge in [-0.25, -0.2) is 13.6 Å². The molecule has 1 aromatic carbocycles. The second kappa shape index (κ2) is 8.24. The number of alkyl halides is 2. The van der Waals surface area contributed by atoms with Gasteiger partial charge in [0, 0.05) is 24.2 Å². The molecule has 0 bridgehead atoms. The van der Waals surface area contributed by atoms with Crippen molar-refractivity contribution in [2.45, 2.75) is 31.7 Å². The lowest BCUT2D eigenvalue weighted by Crippen LogP contribution is -2.42. The SMILES string of the molecule is O=C(CCc1ccc(-c2ccccc2)[nH]1)NC(CC(F)F)C(=O)O. The molecule has 0 aliphatic rings. The van der Waals surface area contributed by atoms with Gasteiger partial charge in [-0.05, 0) is 24.1 Å². The van der Waals surface area contributed by atoms with E-state index in [2.05, 4.69) is 10.3 Å². The van der Waals surface area contributed by atoms with Gasteiger partial charge in [0.25, 0.3) is 0 Å². The molecule has 0 fully saturated rings. The first-order valence-corrected chi connectivity index (χ1v) is 7.49. The van der Waals surface area contributed by atoms with E-state index in [0.717, 1.165) is 17.0 Å². The van der Waals surface area contributed by atoms with Crippen LogP contribution in [0.3, 0.4) is 0 Å². The normalized spacial score (nSPS) is 12.1. The van der Waals surface area contributed by atoms with Gasteiger partial charge in [-0.1, -0.05) is 30.3 Å².